The van der Waals surface area contributed by atoms with E-state index in [2.05, 4.69) is 15.5 Å². The molecule has 178 valence electrons. The number of rotatable bonds is 5. The molecule has 2 aromatic rings. The van der Waals surface area contributed by atoms with Crippen molar-refractivity contribution >= 4 is 23.6 Å². The second kappa shape index (κ2) is 10.7. The Morgan fingerprint density at radius 3 is 2.41 bits per heavy atom. The van der Waals surface area contributed by atoms with Crippen LogP contribution in [0, 0.1) is 11.3 Å². The van der Waals surface area contributed by atoms with Crippen molar-refractivity contribution in [3.8, 4) is 11.8 Å². The first-order valence-corrected chi connectivity index (χ1v) is 11.8. The molecule has 0 atom stereocenters. The standard InChI is InChI=1S/C24H26ClN5O4/c25-20-13-19(4-1-16(20)14-26)34-18-5-2-17(3-6-18)27-23(31)22-8-7-21(28-29-22)15-9-11-30(12-10-15)24(32)33/h1,4,7-8,13,15,17-18H,2-3,5-6,9-12H2,(H,27,31)(H,32,33)/t17-,18-. The second-order valence-corrected chi connectivity index (χ2v) is 9.11. The van der Waals surface area contributed by atoms with Crippen molar-refractivity contribution in [1.82, 2.24) is 20.4 Å². The smallest absolute Gasteiger partial charge is 0.407 e. The maximum atomic E-state index is 12.6. The number of carboxylic acid groups (broad SMARTS) is 1. The fourth-order valence-electron chi connectivity index (χ4n) is 4.48. The van der Waals surface area contributed by atoms with Gasteiger partial charge in [0.15, 0.2) is 5.69 Å². The molecule has 1 aromatic carbocycles. The van der Waals surface area contributed by atoms with Crippen LogP contribution in [0.2, 0.25) is 5.02 Å². The van der Waals surface area contributed by atoms with Gasteiger partial charge in [-0.2, -0.15) is 10.4 Å². The van der Waals surface area contributed by atoms with Crippen LogP contribution >= 0.6 is 11.6 Å². The zero-order valence-electron chi connectivity index (χ0n) is 18.6. The fourth-order valence-corrected chi connectivity index (χ4v) is 4.70. The number of benzene rings is 1. The van der Waals surface area contributed by atoms with Crippen molar-refractivity contribution in [3.05, 3.63) is 52.3 Å². The minimum Gasteiger partial charge on any atom is -0.490 e. The van der Waals surface area contributed by atoms with E-state index in [-0.39, 0.29) is 29.7 Å². The lowest BCUT2D eigenvalue weighted by molar-refractivity contribution is 0.0887. The highest BCUT2D eigenvalue weighted by Gasteiger charge is 2.26. The molecule has 0 unspecified atom stereocenters. The number of nitrogens with one attached hydrogen (secondary N) is 1. The van der Waals surface area contributed by atoms with Crippen molar-refractivity contribution in [3.63, 3.8) is 0 Å². The van der Waals surface area contributed by atoms with Gasteiger partial charge in [0.2, 0.25) is 0 Å². The Bertz CT molecular complexity index is 1070. The van der Waals surface area contributed by atoms with Crippen molar-refractivity contribution in [2.24, 2.45) is 0 Å². The summed E-state index contributed by atoms with van der Waals surface area (Å²) in [4.78, 5) is 25.1. The van der Waals surface area contributed by atoms with E-state index in [0.29, 0.717) is 42.3 Å². The van der Waals surface area contributed by atoms with E-state index in [9.17, 15) is 9.59 Å². The van der Waals surface area contributed by atoms with Gasteiger partial charge in [0.05, 0.1) is 22.4 Å². The molecule has 2 amide bonds. The van der Waals surface area contributed by atoms with E-state index in [1.165, 1.54) is 4.90 Å². The number of nitriles is 1. The third-order valence-electron chi connectivity index (χ3n) is 6.47. The molecular formula is C24H26ClN5O4. The predicted octanol–water partition coefficient (Wildman–Crippen LogP) is 3.98. The average Bonchev–Trinajstić information content (AvgIpc) is 2.85. The summed E-state index contributed by atoms with van der Waals surface area (Å²) in [6.45, 7) is 0.961. The van der Waals surface area contributed by atoms with E-state index in [1.807, 2.05) is 12.1 Å². The summed E-state index contributed by atoms with van der Waals surface area (Å²) >= 11 is 6.07. The maximum Gasteiger partial charge on any atom is 0.407 e. The van der Waals surface area contributed by atoms with Crippen LogP contribution in [-0.4, -0.2) is 57.4 Å². The number of amides is 2. The summed E-state index contributed by atoms with van der Waals surface area (Å²) in [5.74, 6) is 0.546. The summed E-state index contributed by atoms with van der Waals surface area (Å²) in [5.41, 5.74) is 1.49. The molecule has 4 rings (SSSR count). The first kappa shape index (κ1) is 23.8. The Kier molecular flexibility index (Phi) is 7.48. The normalized spacial score (nSPS) is 20.9. The van der Waals surface area contributed by atoms with Crippen LogP contribution < -0.4 is 10.1 Å². The summed E-state index contributed by atoms with van der Waals surface area (Å²) in [6.07, 6.45) is 3.70. The molecule has 10 heteroatoms. The molecular weight excluding hydrogens is 458 g/mol. The molecule has 34 heavy (non-hydrogen) atoms. The summed E-state index contributed by atoms with van der Waals surface area (Å²) in [7, 11) is 0. The number of ether oxygens (including phenoxy) is 1. The first-order valence-electron chi connectivity index (χ1n) is 11.4. The van der Waals surface area contributed by atoms with Crippen LogP contribution in [0.1, 0.15) is 66.2 Å². The Balaban J connectivity index is 1.23. The van der Waals surface area contributed by atoms with Crippen LogP contribution in [0.5, 0.6) is 5.75 Å². The number of nitrogens with zero attached hydrogens (tertiary/aromatic N) is 4. The third kappa shape index (κ3) is 5.75. The number of carbonyl (C=O) groups is 2. The largest absolute Gasteiger partial charge is 0.490 e. The Labute approximate surface area is 202 Å². The average molecular weight is 484 g/mol. The Hall–Kier alpha value is -3.38. The summed E-state index contributed by atoms with van der Waals surface area (Å²) in [5, 5.41) is 29.8. The zero-order chi connectivity index (χ0) is 24.1. The number of hydrogen-bond acceptors (Lipinski definition) is 6. The molecule has 1 saturated carbocycles. The van der Waals surface area contributed by atoms with Gasteiger partial charge < -0.3 is 20.1 Å². The molecule has 1 aliphatic carbocycles. The molecule has 0 spiro atoms. The van der Waals surface area contributed by atoms with Crippen LogP contribution in [0.25, 0.3) is 0 Å². The molecule has 2 aliphatic rings. The van der Waals surface area contributed by atoms with Crippen LogP contribution in [0.15, 0.2) is 30.3 Å². The maximum absolute atomic E-state index is 12.6. The monoisotopic (exact) mass is 483 g/mol. The SMILES string of the molecule is N#Cc1ccc(O[C@H]2CC[C@H](NC(=O)c3ccc(C4CCN(C(=O)O)CC4)nn3)CC2)cc1Cl. The van der Waals surface area contributed by atoms with E-state index >= 15 is 0 Å². The minimum absolute atomic E-state index is 0.0313. The number of aromatic nitrogens is 2. The highest BCUT2D eigenvalue weighted by atomic mass is 35.5. The van der Waals surface area contributed by atoms with Gasteiger partial charge >= 0.3 is 6.09 Å². The number of halogens is 1. The lowest BCUT2D eigenvalue weighted by Crippen LogP contribution is -2.40. The third-order valence-corrected chi connectivity index (χ3v) is 6.79. The quantitative estimate of drug-likeness (QED) is 0.658. The lowest BCUT2D eigenvalue weighted by Gasteiger charge is -2.30. The Morgan fingerprint density at radius 2 is 1.82 bits per heavy atom. The molecule has 0 radical (unpaired) electrons. The summed E-state index contributed by atoms with van der Waals surface area (Å²) in [6, 6.07) is 10.6. The zero-order valence-corrected chi connectivity index (χ0v) is 19.4. The van der Waals surface area contributed by atoms with Crippen LogP contribution in [0.3, 0.4) is 0 Å². The minimum atomic E-state index is -0.893. The number of likely N-dealkylation sites (tertiary alicyclic amines) is 1. The molecule has 9 nitrogen and oxygen atoms in total. The molecule has 2 N–H and O–H groups in total. The van der Waals surface area contributed by atoms with Gasteiger partial charge in [0.25, 0.3) is 5.91 Å². The molecule has 1 aliphatic heterocycles. The molecule has 1 saturated heterocycles. The van der Waals surface area contributed by atoms with E-state index < -0.39 is 6.09 Å². The van der Waals surface area contributed by atoms with Crippen molar-refractivity contribution in [2.45, 2.75) is 56.6 Å². The first-order chi connectivity index (χ1) is 16.4. The number of hydrogen-bond donors (Lipinski definition) is 2. The topological polar surface area (TPSA) is 128 Å². The van der Waals surface area contributed by atoms with E-state index in [4.69, 9.17) is 26.7 Å². The highest BCUT2D eigenvalue weighted by Crippen LogP contribution is 2.28. The van der Waals surface area contributed by atoms with Gasteiger partial charge in [0, 0.05) is 31.1 Å². The fraction of sp³-hybridized carbons (Fsp3) is 0.458. The number of carbonyl (C=O) groups excluding carboxylic acids is 1. The summed E-state index contributed by atoms with van der Waals surface area (Å²) < 4.78 is 6.00. The second-order valence-electron chi connectivity index (χ2n) is 8.71. The van der Waals surface area contributed by atoms with Gasteiger partial charge in [-0.1, -0.05) is 11.6 Å². The van der Waals surface area contributed by atoms with Crippen LogP contribution in [-0.2, 0) is 0 Å². The van der Waals surface area contributed by atoms with Gasteiger partial charge in [0.1, 0.15) is 11.8 Å². The van der Waals surface area contributed by atoms with E-state index in [0.717, 1.165) is 31.4 Å². The van der Waals surface area contributed by atoms with E-state index in [1.54, 1.807) is 24.3 Å². The van der Waals surface area contributed by atoms with Gasteiger partial charge in [-0.05, 0) is 62.8 Å². The highest BCUT2D eigenvalue weighted by molar-refractivity contribution is 6.31. The van der Waals surface area contributed by atoms with Crippen molar-refractivity contribution in [1.29, 1.82) is 5.26 Å². The number of piperidine rings is 1. The predicted molar refractivity (Wildman–Crippen MR) is 124 cm³/mol. The molecule has 2 heterocycles. The molecule has 0 bridgehead atoms. The van der Waals surface area contributed by atoms with Gasteiger partial charge in [-0.15, -0.1) is 5.10 Å². The van der Waals surface area contributed by atoms with Crippen LogP contribution in [0.4, 0.5) is 4.79 Å². The van der Waals surface area contributed by atoms with Gasteiger partial charge in [-0.3, -0.25) is 4.79 Å². The van der Waals surface area contributed by atoms with Crippen molar-refractivity contribution in [2.75, 3.05) is 13.1 Å². The Morgan fingerprint density at radius 1 is 1.09 bits per heavy atom. The van der Waals surface area contributed by atoms with Gasteiger partial charge in [-0.25, -0.2) is 4.79 Å². The molecule has 1 aromatic heterocycles. The van der Waals surface area contributed by atoms with Crippen molar-refractivity contribution < 1.29 is 19.4 Å². The molecule has 2 fully saturated rings. The lowest BCUT2D eigenvalue weighted by atomic mass is 9.92.